The molecule has 29 heavy (non-hydrogen) atoms. The maximum absolute atomic E-state index is 12.5. The smallest absolute Gasteiger partial charge is 0.312 e. The molecule has 1 fully saturated rings. The van der Waals surface area contributed by atoms with Gasteiger partial charge in [-0.2, -0.15) is 0 Å². The van der Waals surface area contributed by atoms with Gasteiger partial charge in [-0.1, -0.05) is 41.9 Å². The molecular formula is C22H23ClN2O4. The van der Waals surface area contributed by atoms with Crippen LogP contribution in [0.3, 0.4) is 0 Å². The maximum Gasteiger partial charge on any atom is 0.312 e. The minimum atomic E-state index is -0.978. The number of nitrogens with one attached hydrogen (secondary N) is 1. The van der Waals surface area contributed by atoms with E-state index in [1.54, 1.807) is 29.2 Å². The predicted octanol–water partition coefficient (Wildman–Crippen LogP) is 3.82. The molecule has 2 aromatic rings. The fraction of sp³-hybridized carbons (Fsp3) is 0.318. The summed E-state index contributed by atoms with van der Waals surface area (Å²) in [5.41, 5.74) is 1.56. The van der Waals surface area contributed by atoms with E-state index in [-0.39, 0.29) is 24.9 Å². The Balaban J connectivity index is 1.55. The monoisotopic (exact) mass is 414 g/mol. The van der Waals surface area contributed by atoms with Gasteiger partial charge in [-0.25, -0.2) is 0 Å². The topological polar surface area (TPSA) is 75.7 Å². The lowest BCUT2D eigenvalue weighted by Gasteiger charge is -2.25. The summed E-state index contributed by atoms with van der Waals surface area (Å²) in [6.45, 7) is 3.71. The third-order valence-electron chi connectivity index (χ3n) is 5.02. The molecule has 1 heterocycles. The van der Waals surface area contributed by atoms with E-state index in [9.17, 15) is 14.4 Å². The molecule has 3 atom stereocenters. The number of hydrogen-bond acceptors (Lipinski definition) is 4. The van der Waals surface area contributed by atoms with E-state index in [1.165, 1.54) is 6.92 Å². The molecule has 1 saturated heterocycles. The largest absolute Gasteiger partial charge is 0.452 e. The van der Waals surface area contributed by atoms with E-state index in [0.29, 0.717) is 10.7 Å². The van der Waals surface area contributed by atoms with Gasteiger partial charge in [-0.3, -0.25) is 14.4 Å². The van der Waals surface area contributed by atoms with Crippen molar-refractivity contribution in [2.45, 2.75) is 32.4 Å². The van der Waals surface area contributed by atoms with Crippen molar-refractivity contribution < 1.29 is 19.1 Å². The Kier molecular flexibility index (Phi) is 6.54. The third-order valence-corrected chi connectivity index (χ3v) is 5.27. The number of benzene rings is 2. The van der Waals surface area contributed by atoms with E-state index in [2.05, 4.69) is 5.32 Å². The Bertz CT molecular complexity index is 885. The summed E-state index contributed by atoms with van der Waals surface area (Å²) in [5.74, 6) is -1.67. The number of halogens is 1. The summed E-state index contributed by atoms with van der Waals surface area (Å²) < 4.78 is 5.32. The first kappa shape index (κ1) is 20.9. The second-order valence-electron chi connectivity index (χ2n) is 7.11. The van der Waals surface area contributed by atoms with Gasteiger partial charge >= 0.3 is 5.97 Å². The number of hydrogen-bond donors (Lipinski definition) is 1. The van der Waals surface area contributed by atoms with Crippen molar-refractivity contribution in [2.24, 2.45) is 5.92 Å². The van der Waals surface area contributed by atoms with Crippen LogP contribution in [0.4, 0.5) is 5.69 Å². The summed E-state index contributed by atoms with van der Waals surface area (Å²) in [6, 6.07) is 16.1. The molecule has 0 bridgehead atoms. The number of esters is 1. The van der Waals surface area contributed by atoms with Crippen LogP contribution in [0, 0.1) is 5.92 Å². The van der Waals surface area contributed by atoms with Gasteiger partial charge in [0.05, 0.1) is 12.0 Å². The van der Waals surface area contributed by atoms with Crippen LogP contribution in [0.5, 0.6) is 0 Å². The molecule has 0 unspecified atom stereocenters. The van der Waals surface area contributed by atoms with Crippen LogP contribution in [-0.2, 0) is 19.1 Å². The molecule has 6 nitrogen and oxygen atoms in total. The predicted molar refractivity (Wildman–Crippen MR) is 110 cm³/mol. The number of anilines is 1. The Morgan fingerprint density at radius 1 is 1.10 bits per heavy atom. The van der Waals surface area contributed by atoms with Crippen molar-refractivity contribution in [2.75, 3.05) is 11.9 Å². The molecule has 0 aliphatic carbocycles. The van der Waals surface area contributed by atoms with Crippen molar-refractivity contribution >= 4 is 35.1 Å². The first-order chi connectivity index (χ1) is 13.8. The lowest BCUT2D eigenvalue weighted by atomic mass is 10.1. The summed E-state index contributed by atoms with van der Waals surface area (Å²) in [6.07, 6.45) is -0.893. The highest BCUT2D eigenvalue weighted by Crippen LogP contribution is 2.29. The lowest BCUT2D eigenvalue weighted by molar-refractivity contribution is -0.157. The van der Waals surface area contributed by atoms with Crippen molar-refractivity contribution in [3.8, 4) is 0 Å². The number of carbonyl (C=O) groups is 3. The number of rotatable bonds is 6. The zero-order valence-corrected chi connectivity index (χ0v) is 17.1. The van der Waals surface area contributed by atoms with Crippen LogP contribution in [-0.4, -0.2) is 35.3 Å². The average Bonchev–Trinajstić information content (AvgIpc) is 3.11. The van der Waals surface area contributed by atoms with E-state index in [0.717, 1.165) is 5.56 Å². The highest BCUT2D eigenvalue weighted by Gasteiger charge is 2.38. The standard InChI is InChI=1S/C22H23ClN2O4/c1-14(16-6-4-3-5-7-16)25-13-17(12-20(25)26)22(28)29-15(2)21(27)24-19-10-8-18(23)9-11-19/h3-11,14-15,17H,12-13H2,1-2H3,(H,24,27)/t14-,15-,17+/m0/s1. The number of nitrogens with zero attached hydrogens (tertiary/aromatic N) is 1. The van der Waals surface area contributed by atoms with Gasteiger partial charge in [-0.05, 0) is 43.7 Å². The second kappa shape index (κ2) is 9.09. The summed E-state index contributed by atoms with van der Waals surface area (Å²) in [4.78, 5) is 38.9. The van der Waals surface area contributed by atoms with Crippen molar-refractivity contribution in [1.29, 1.82) is 0 Å². The van der Waals surface area contributed by atoms with Crippen LogP contribution in [0.25, 0.3) is 0 Å². The van der Waals surface area contributed by atoms with Crippen LogP contribution in [0.2, 0.25) is 5.02 Å². The molecule has 2 aromatic carbocycles. The van der Waals surface area contributed by atoms with Crippen molar-refractivity contribution in [1.82, 2.24) is 4.90 Å². The quantitative estimate of drug-likeness (QED) is 0.729. The van der Waals surface area contributed by atoms with E-state index < -0.39 is 23.9 Å². The highest BCUT2D eigenvalue weighted by molar-refractivity contribution is 6.30. The fourth-order valence-electron chi connectivity index (χ4n) is 3.28. The Labute approximate surface area is 174 Å². The normalized spacial score (nSPS) is 18.2. The van der Waals surface area contributed by atoms with Crippen LogP contribution in [0.1, 0.15) is 31.9 Å². The van der Waals surface area contributed by atoms with Gasteiger partial charge < -0.3 is 15.0 Å². The molecule has 0 saturated carbocycles. The maximum atomic E-state index is 12.5. The van der Waals surface area contributed by atoms with E-state index in [4.69, 9.17) is 16.3 Å². The van der Waals surface area contributed by atoms with E-state index >= 15 is 0 Å². The summed E-state index contributed by atoms with van der Waals surface area (Å²) in [7, 11) is 0. The second-order valence-corrected chi connectivity index (χ2v) is 7.55. The van der Waals surface area contributed by atoms with E-state index in [1.807, 2.05) is 37.3 Å². The highest BCUT2D eigenvalue weighted by atomic mass is 35.5. The molecule has 1 aliphatic heterocycles. The molecule has 1 N–H and O–H groups in total. The number of likely N-dealkylation sites (tertiary alicyclic amines) is 1. The molecular weight excluding hydrogens is 392 g/mol. The van der Waals surface area contributed by atoms with Gasteiger partial charge in [0, 0.05) is 23.7 Å². The SMILES string of the molecule is C[C@H](OC(=O)[C@@H]1CC(=O)N([C@@H](C)c2ccccc2)C1)C(=O)Nc1ccc(Cl)cc1. The van der Waals surface area contributed by atoms with Crippen LogP contribution in [0.15, 0.2) is 54.6 Å². The van der Waals surface area contributed by atoms with Crippen molar-refractivity contribution in [3.63, 3.8) is 0 Å². The van der Waals surface area contributed by atoms with Crippen molar-refractivity contribution in [3.05, 3.63) is 65.2 Å². The first-order valence-corrected chi connectivity index (χ1v) is 9.84. The molecule has 0 aromatic heterocycles. The number of ether oxygens (including phenoxy) is 1. The minimum absolute atomic E-state index is 0.0849. The molecule has 0 radical (unpaired) electrons. The number of carbonyl (C=O) groups excluding carboxylic acids is 3. The molecule has 152 valence electrons. The van der Waals surface area contributed by atoms with Gasteiger partial charge in [0.1, 0.15) is 0 Å². The first-order valence-electron chi connectivity index (χ1n) is 9.46. The van der Waals surface area contributed by atoms with Gasteiger partial charge in [0.15, 0.2) is 6.10 Å². The molecule has 7 heteroatoms. The lowest BCUT2D eigenvalue weighted by Crippen LogP contribution is -2.33. The van der Waals surface area contributed by atoms with Gasteiger partial charge in [-0.15, -0.1) is 0 Å². The summed E-state index contributed by atoms with van der Waals surface area (Å²) >= 11 is 5.82. The Morgan fingerprint density at radius 3 is 2.41 bits per heavy atom. The average molecular weight is 415 g/mol. The zero-order chi connectivity index (χ0) is 21.0. The number of amides is 2. The van der Waals surface area contributed by atoms with Crippen LogP contribution >= 0.6 is 11.6 Å². The zero-order valence-electron chi connectivity index (χ0n) is 16.3. The summed E-state index contributed by atoms with van der Waals surface area (Å²) in [5, 5.41) is 3.23. The third kappa shape index (κ3) is 5.15. The Morgan fingerprint density at radius 2 is 1.76 bits per heavy atom. The Hall–Kier alpha value is -2.86. The molecule has 1 aliphatic rings. The molecule has 0 spiro atoms. The van der Waals surface area contributed by atoms with Crippen LogP contribution < -0.4 is 5.32 Å². The van der Waals surface area contributed by atoms with Gasteiger partial charge in [0.2, 0.25) is 5.91 Å². The molecule has 2 amide bonds. The molecule has 3 rings (SSSR count). The fourth-order valence-corrected chi connectivity index (χ4v) is 3.40. The minimum Gasteiger partial charge on any atom is -0.452 e. The van der Waals surface area contributed by atoms with Gasteiger partial charge in [0.25, 0.3) is 5.91 Å².